The third-order valence-corrected chi connectivity index (χ3v) is 5.75. The van der Waals surface area contributed by atoms with Gasteiger partial charge >= 0.3 is 5.97 Å². The lowest BCUT2D eigenvalue weighted by Gasteiger charge is -2.29. The van der Waals surface area contributed by atoms with E-state index in [1.807, 2.05) is 48.5 Å². The van der Waals surface area contributed by atoms with Crippen LogP contribution >= 0.6 is 11.3 Å². The van der Waals surface area contributed by atoms with E-state index in [0.717, 1.165) is 33.8 Å². The number of esters is 1. The number of ether oxygens (including phenoxy) is 1. The number of carbonyl (C=O) groups is 2. The number of hydrogen-bond acceptors (Lipinski definition) is 5. The lowest BCUT2D eigenvalue weighted by molar-refractivity contribution is -0.147. The molecular formula is C21H20N2O3S. The molecule has 27 heavy (non-hydrogen) atoms. The van der Waals surface area contributed by atoms with Crippen molar-refractivity contribution in [2.24, 2.45) is 0 Å². The first-order chi connectivity index (χ1) is 13.2. The van der Waals surface area contributed by atoms with Gasteiger partial charge < -0.3 is 9.64 Å². The van der Waals surface area contributed by atoms with Gasteiger partial charge in [-0.25, -0.2) is 4.98 Å². The van der Waals surface area contributed by atoms with Crippen molar-refractivity contribution in [1.82, 2.24) is 4.98 Å². The topological polar surface area (TPSA) is 59.5 Å². The Morgan fingerprint density at radius 3 is 2.81 bits per heavy atom. The van der Waals surface area contributed by atoms with Gasteiger partial charge in [0.25, 0.3) is 5.91 Å². The normalized spacial score (nSPS) is 13.4. The molecule has 0 spiro atoms. The number of aryl methyl sites for hydroxylation is 2. The lowest BCUT2D eigenvalue weighted by atomic mass is 10.0. The molecule has 0 N–H and O–H groups in total. The summed E-state index contributed by atoms with van der Waals surface area (Å²) in [4.78, 5) is 30.8. The molecule has 0 bridgehead atoms. The smallest absolute Gasteiger partial charge is 0.306 e. The number of rotatable bonds is 5. The highest BCUT2D eigenvalue weighted by Gasteiger charge is 2.23. The van der Waals surface area contributed by atoms with Crippen molar-refractivity contribution in [1.29, 1.82) is 0 Å². The molecule has 1 amide bonds. The molecule has 1 aliphatic heterocycles. The average Bonchev–Trinajstić information content (AvgIpc) is 3.13. The number of thiazole rings is 1. The molecule has 0 aliphatic carbocycles. The number of aromatic nitrogens is 1. The predicted molar refractivity (Wildman–Crippen MR) is 106 cm³/mol. The minimum Gasteiger partial charge on any atom is -0.456 e. The zero-order chi connectivity index (χ0) is 18.6. The third-order valence-electron chi connectivity index (χ3n) is 4.65. The van der Waals surface area contributed by atoms with Crippen molar-refractivity contribution in [2.45, 2.75) is 25.7 Å². The standard InChI is InChI=1S/C21H20N2O3S/c24-20(23-13-5-7-15-6-1-3-9-17(15)23)14-26-21(25)12-11-19-22-16-8-2-4-10-18(16)27-19/h1-4,6,8-10H,5,7,11-14H2. The van der Waals surface area contributed by atoms with Crippen LogP contribution in [0.5, 0.6) is 0 Å². The van der Waals surface area contributed by atoms with Gasteiger partial charge in [-0.3, -0.25) is 9.59 Å². The van der Waals surface area contributed by atoms with Crippen LogP contribution in [0.1, 0.15) is 23.4 Å². The van der Waals surface area contributed by atoms with Crippen LogP contribution in [0.4, 0.5) is 5.69 Å². The van der Waals surface area contributed by atoms with E-state index in [-0.39, 0.29) is 24.9 Å². The molecule has 3 aromatic rings. The second kappa shape index (κ2) is 7.88. The first kappa shape index (κ1) is 17.7. The van der Waals surface area contributed by atoms with Gasteiger partial charge in [0, 0.05) is 18.7 Å². The van der Waals surface area contributed by atoms with Crippen molar-refractivity contribution in [3.05, 3.63) is 59.1 Å². The molecule has 0 saturated carbocycles. The molecule has 4 rings (SSSR count). The molecule has 0 fully saturated rings. The zero-order valence-corrected chi connectivity index (χ0v) is 15.7. The summed E-state index contributed by atoms with van der Waals surface area (Å²) in [7, 11) is 0. The van der Waals surface area contributed by atoms with Crippen molar-refractivity contribution in [3.8, 4) is 0 Å². The minimum absolute atomic E-state index is 0.171. The van der Waals surface area contributed by atoms with Crippen molar-refractivity contribution in [2.75, 3.05) is 18.1 Å². The Kier molecular flexibility index (Phi) is 5.16. The number of anilines is 1. The van der Waals surface area contributed by atoms with Crippen molar-refractivity contribution < 1.29 is 14.3 Å². The number of benzene rings is 2. The SMILES string of the molecule is O=C(CCc1nc2ccccc2s1)OCC(=O)N1CCCc2ccccc21. The number of hydrogen-bond donors (Lipinski definition) is 0. The Morgan fingerprint density at radius 1 is 1.11 bits per heavy atom. The molecule has 5 nitrogen and oxygen atoms in total. The molecule has 0 saturated heterocycles. The fraction of sp³-hybridized carbons (Fsp3) is 0.286. The van der Waals surface area contributed by atoms with E-state index in [4.69, 9.17) is 4.74 Å². The maximum absolute atomic E-state index is 12.5. The average molecular weight is 380 g/mol. The van der Waals surface area contributed by atoms with Crippen LogP contribution in [0.2, 0.25) is 0 Å². The summed E-state index contributed by atoms with van der Waals surface area (Å²) in [6.07, 6.45) is 2.65. The van der Waals surface area contributed by atoms with Crippen LogP contribution < -0.4 is 4.90 Å². The van der Waals surface area contributed by atoms with Gasteiger partial charge in [0.2, 0.25) is 0 Å². The maximum atomic E-state index is 12.5. The summed E-state index contributed by atoms with van der Waals surface area (Å²) in [6.45, 7) is 0.451. The fourth-order valence-electron chi connectivity index (χ4n) is 3.32. The molecule has 2 heterocycles. The molecule has 2 aromatic carbocycles. The molecule has 0 atom stereocenters. The Hall–Kier alpha value is -2.73. The van der Waals surface area contributed by atoms with Crippen LogP contribution in [0.15, 0.2) is 48.5 Å². The van der Waals surface area contributed by atoms with E-state index in [1.54, 1.807) is 16.2 Å². The highest BCUT2D eigenvalue weighted by Crippen LogP contribution is 2.27. The summed E-state index contributed by atoms with van der Waals surface area (Å²) in [5.41, 5.74) is 3.04. The van der Waals surface area contributed by atoms with E-state index < -0.39 is 0 Å². The van der Waals surface area contributed by atoms with E-state index in [9.17, 15) is 9.59 Å². The predicted octanol–water partition coefficient (Wildman–Crippen LogP) is 3.75. The number of fused-ring (bicyclic) bond motifs is 2. The zero-order valence-electron chi connectivity index (χ0n) is 14.9. The fourth-order valence-corrected chi connectivity index (χ4v) is 4.29. The summed E-state index contributed by atoms with van der Waals surface area (Å²) < 4.78 is 6.33. The summed E-state index contributed by atoms with van der Waals surface area (Å²) in [6, 6.07) is 15.8. The van der Waals surface area contributed by atoms with Gasteiger partial charge in [-0.05, 0) is 36.6 Å². The second-order valence-corrected chi connectivity index (χ2v) is 7.63. The van der Waals surface area contributed by atoms with Crippen LogP contribution in [0.25, 0.3) is 10.2 Å². The largest absolute Gasteiger partial charge is 0.456 e. The maximum Gasteiger partial charge on any atom is 0.306 e. The highest BCUT2D eigenvalue weighted by atomic mass is 32.1. The quantitative estimate of drug-likeness (QED) is 0.633. The van der Waals surface area contributed by atoms with Gasteiger partial charge in [0.1, 0.15) is 0 Å². The summed E-state index contributed by atoms with van der Waals surface area (Å²) >= 11 is 1.58. The molecule has 1 aromatic heterocycles. The van der Waals surface area contributed by atoms with Crippen LogP contribution in [-0.4, -0.2) is 30.0 Å². The summed E-state index contributed by atoms with van der Waals surface area (Å²) in [5.74, 6) is -0.539. The lowest BCUT2D eigenvalue weighted by Crippen LogP contribution is -2.38. The van der Waals surface area contributed by atoms with E-state index >= 15 is 0 Å². The van der Waals surface area contributed by atoms with Crippen LogP contribution in [-0.2, 0) is 27.2 Å². The number of nitrogens with zero attached hydrogens (tertiary/aromatic N) is 2. The first-order valence-corrected chi connectivity index (χ1v) is 9.91. The Labute approximate surface area is 161 Å². The summed E-state index contributed by atoms with van der Waals surface area (Å²) in [5, 5.41) is 0.907. The van der Waals surface area contributed by atoms with Gasteiger partial charge in [-0.15, -0.1) is 11.3 Å². The number of amides is 1. The number of carbonyl (C=O) groups excluding carboxylic acids is 2. The third kappa shape index (κ3) is 4.01. The highest BCUT2D eigenvalue weighted by molar-refractivity contribution is 7.18. The van der Waals surface area contributed by atoms with Gasteiger partial charge in [0.05, 0.1) is 21.6 Å². The van der Waals surface area contributed by atoms with Crippen molar-refractivity contribution >= 4 is 39.1 Å². The van der Waals surface area contributed by atoms with Crippen LogP contribution in [0.3, 0.4) is 0 Å². The molecule has 138 valence electrons. The molecular weight excluding hydrogens is 360 g/mol. The van der Waals surface area contributed by atoms with Crippen LogP contribution in [0, 0.1) is 0 Å². The van der Waals surface area contributed by atoms with E-state index in [1.165, 1.54) is 5.56 Å². The van der Waals surface area contributed by atoms with Gasteiger partial charge in [-0.1, -0.05) is 30.3 Å². The van der Waals surface area contributed by atoms with E-state index in [2.05, 4.69) is 4.98 Å². The Bertz CT molecular complexity index is 949. The van der Waals surface area contributed by atoms with Gasteiger partial charge in [0.15, 0.2) is 6.61 Å². The monoisotopic (exact) mass is 380 g/mol. The Morgan fingerprint density at radius 2 is 1.93 bits per heavy atom. The van der Waals surface area contributed by atoms with Gasteiger partial charge in [-0.2, -0.15) is 0 Å². The second-order valence-electron chi connectivity index (χ2n) is 6.51. The molecule has 0 unspecified atom stereocenters. The Balaban J connectivity index is 1.30. The molecule has 6 heteroatoms. The first-order valence-electron chi connectivity index (χ1n) is 9.09. The van der Waals surface area contributed by atoms with E-state index in [0.29, 0.717) is 13.0 Å². The number of para-hydroxylation sites is 2. The van der Waals surface area contributed by atoms with Crippen molar-refractivity contribution in [3.63, 3.8) is 0 Å². The molecule has 1 aliphatic rings. The molecule has 0 radical (unpaired) electrons. The minimum atomic E-state index is -0.368.